The van der Waals surface area contributed by atoms with Crippen LogP contribution in [0.3, 0.4) is 0 Å². The average molecular weight is 189 g/mol. The topological polar surface area (TPSA) is 43.1 Å². The third-order valence-corrected chi connectivity index (χ3v) is 2.92. The number of Topliss-reactive ketones (excluding diaryl/α,β-unsaturated/α-hetero) is 1. The van der Waals surface area contributed by atoms with Crippen molar-refractivity contribution in [3.8, 4) is 0 Å². The van der Waals surface area contributed by atoms with Gasteiger partial charge in [0, 0.05) is 18.0 Å². The molecule has 0 bridgehead atoms. The molecule has 1 saturated carbocycles. The minimum absolute atomic E-state index is 0.0654. The van der Waals surface area contributed by atoms with Crippen molar-refractivity contribution in [2.75, 3.05) is 5.73 Å². The van der Waals surface area contributed by atoms with Gasteiger partial charge in [-0.3, -0.25) is 4.79 Å². The summed E-state index contributed by atoms with van der Waals surface area (Å²) in [6, 6.07) is 5.97. The number of benzene rings is 1. The number of nitrogen functional groups attached to an aromatic ring is 1. The predicted octanol–water partition coefficient (Wildman–Crippen LogP) is 2.41. The van der Waals surface area contributed by atoms with Crippen molar-refractivity contribution in [3.63, 3.8) is 0 Å². The molecule has 74 valence electrons. The summed E-state index contributed by atoms with van der Waals surface area (Å²) >= 11 is 0. The van der Waals surface area contributed by atoms with Crippen LogP contribution in [0.25, 0.3) is 0 Å². The summed E-state index contributed by atoms with van der Waals surface area (Å²) in [7, 11) is 0. The molecule has 2 nitrogen and oxygen atoms in total. The van der Waals surface area contributed by atoms with Gasteiger partial charge in [0.05, 0.1) is 0 Å². The van der Waals surface area contributed by atoms with Crippen LogP contribution in [0.5, 0.6) is 0 Å². The number of hydrogen-bond acceptors (Lipinski definition) is 2. The zero-order chi connectivity index (χ0) is 10.1. The molecule has 2 rings (SSSR count). The fourth-order valence-electron chi connectivity index (χ4n) is 2.16. The molecule has 0 amide bonds. The van der Waals surface area contributed by atoms with Crippen molar-refractivity contribution < 1.29 is 4.79 Å². The Hall–Kier alpha value is -1.31. The highest BCUT2D eigenvalue weighted by molar-refractivity contribution is 5.89. The number of anilines is 1. The molecule has 14 heavy (non-hydrogen) atoms. The molecule has 1 unspecified atom stereocenters. The highest BCUT2D eigenvalue weighted by Crippen LogP contribution is 2.34. The Kier molecular flexibility index (Phi) is 2.28. The molecule has 1 fully saturated rings. The van der Waals surface area contributed by atoms with E-state index < -0.39 is 0 Å². The van der Waals surface area contributed by atoms with Crippen molar-refractivity contribution >= 4 is 11.5 Å². The minimum Gasteiger partial charge on any atom is -0.398 e. The number of hydrogen-bond donors (Lipinski definition) is 1. The quantitative estimate of drug-likeness (QED) is 0.689. The van der Waals surface area contributed by atoms with Crippen LogP contribution in [0.2, 0.25) is 0 Å². The van der Waals surface area contributed by atoms with Gasteiger partial charge in [0.2, 0.25) is 0 Å². The zero-order valence-electron chi connectivity index (χ0n) is 8.42. The van der Waals surface area contributed by atoms with Crippen LogP contribution in [-0.2, 0) is 4.79 Å². The fraction of sp³-hybridized carbons (Fsp3) is 0.417. The molecular formula is C12H15NO. The number of ketones is 1. The molecule has 1 aliphatic carbocycles. The summed E-state index contributed by atoms with van der Waals surface area (Å²) in [5.74, 6) is 0.413. The summed E-state index contributed by atoms with van der Waals surface area (Å²) in [4.78, 5) is 11.6. The predicted molar refractivity (Wildman–Crippen MR) is 57.2 cm³/mol. The monoisotopic (exact) mass is 189 g/mol. The molecule has 0 radical (unpaired) electrons. The van der Waals surface area contributed by atoms with E-state index in [1.807, 2.05) is 25.1 Å². The Bertz CT molecular complexity index is 371. The van der Waals surface area contributed by atoms with E-state index in [0.29, 0.717) is 5.78 Å². The van der Waals surface area contributed by atoms with E-state index in [2.05, 4.69) is 0 Å². The third-order valence-electron chi connectivity index (χ3n) is 2.92. The molecule has 0 heterocycles. The van der Waals surface area contributed by atoms with Gasteiger partial charge in [0.15, 0.2) is 0 Å². The summed E-state index contributed by atoms with van der Waals surface area (Å²) in [6.07, 6.45) is 2.70. The van der Waals surface area contributed by atoms with Gasteiger partial charge < -0.3 is 5.73 Å². The lowest BCUT2D eigenvalue weighted by Gasteiger charge is -2.11. The van der Waals surface area contributed by atoms with E-state index in [1.54, 1.807) is 0 Å². The summed E-state index contributed by atoms with van der Waals surface area (Å²) in [5, 5.41) is 0. The van der Waals surface area contributed by atoms with Crippen molar-refractivity contribution in [2.45, 2.75) is 32.1 Å². The Morgan fingerprint density at radius 3 is 2.79 bits per heavy atom. The summed E-state index contributed by atoms with van der Waals surface area (Å²) < 4.78 is 0. The maximum absolute atomic E-state index is 11.6. The number of rotatable bonds is 1. The Balaban J connectivity index is 2.36. The number of aryl methyl sites for hydroxylation is 1. The van der Waals surface area contributed by atoms with E-state index in [4.69, 9.17) is 5.73 Å². The molecule has 0 spiro atoms. The molecule has 1 aromatic rings. The maximum Gasteiger partial charge on any atom is 0.140 e. The van der Waals surface area contributed by atoms with Gasteiger partial charge in [-0.2, -0.15) is 0 Å². The van der Waals surface area contributed by atoms with Crippen molar-refractivity contribution in [1.82, 2.24) is 0 Å². The molecule has 1 aromatic carbocycles. The maximum atomic E-state index is 11.6. The van der Waals surface area contributed by atoms with Crippen LogP contribution >= 0.6 is 0 Å². The normalized spacial score (nSPS) is 21.5. The number of carbonyl (C=O) groups is 1. The minimum atomic E-state index is 0.0654. The first-order valence-electron chi connectivity index (χ1n) is 5.07. The molecule has 2 heteroatoms. The van der Waals surface area contributed by atoms with E-state index in [0.717, 1.165) is 36.1 Å². The van der Waals surface area contributed by atoms with Crippen molar-refractivity contribution in [1.29, 1.82) is 0 Å². The lowest BCUT2D eigenvalue weighted by molar-refractivity contribution is -0.118. The Morgan fingerprint density at radius 2 is 2.21 bits per heavy atom. The summed E-state index contributed by atoms with van der Waals surface area (Å²) in [5.41, 5.74) is 8.86. The van der Waals surface area contributed by atoms with Crippen LogP contribution in [0.1, 0.15) is 36.3 Å². The first-order chi connectivity index (χ1) is 6.68. The van der Waals surface area contributed by atoms with Crippen LogP contribution in [-0.4, -0.2) is 5.78 Å². The van der Waals surface area contributed by atoms with Gasteiger partial charge in [-0.1, -0.05) is 12.1 Å². The second-order valence-corrected chi connectivity index (χ2v) is 4.04. The molecule has 0 saturated heterocycles. The van der Waals surface area contributed by atoms with Gasteiger partial charge in [-0.25, -0.2) is 0 Å². The van der Waals surface area contributed by atoms with Gasteiger partial charge >= 0.3 is 0 Å². The fourth-order valence-corrected chi connectivity index (χ4v) is 2.16. The number of carbonyl (C=O) groups excluding carboxylic acids is 1. The van der Waals surface area contributed by atoms with Gasteiger partial charge in [-0.15, -0.1) is 0 Å². The Labute approximate surface area is 84.1 Å². The third kappa shape index (κ3) is 1.52. The zero-order valence-corrected chi connectivity index (χ0v) is 8.42. The van der Waals surface area contributed by atoms with E-state index in [1.165, 1.54) is 0 Å². The van der Waals surface area contributed by atoms with Crippen LogP contribution in [0, 0.1) is 6.92 Å². The molecule has 0 aromatic heterocycles. The lowest BCUT2D eigenvalue weighted by atomic mass is 9.94. The van der Waals surface area contributed by atoms with Crippen molar-refractivity contribution in [2.24, 2.45) is 0 Å². The van der Waals surface area contributed by atoms with Gasteiger partial charge in [0.25, 0.3) is 0 Å². The smallest absolute Gasteiger partial charge is 0.140 e. The highest BCUT2D eigenvalue weighted by Gasteiger charge is 2.27. The first-order valence-corrected chi connectivity index (χ1v) is 5.07. The van der Waals surface area contributed by atoms with Crippen molar-refractivity contribution in [3.05, 3.63) is 29.3 Å². The SMILES string of the molecule is Cc1ccc(C2CCCC2=O)c(N)c1. The summed E-state index contributed by atoms with van der Waals surface area (Å²) in [6.45, 7) is 2.01. The standard InChI is InChI=1S/C12H15NO/c1-8-5-6-9(11(13)7-8)10-3-2-4-12(10)14/h5-7,10H,2-4,13H2,1H3. The van der Waals surface area contributed by atoms with E-state index in [-0.39, 0.29) is 5.92 Å². The largest absolute Gasteiger partial charge is 0.398 e. The lowest BCUT2D eigenvalue weighted by Crippen LogP contribution is -2.07. The van der Waals surface area contributed by atoms with Gasteiger partial charge in [0.1, 0.15) is 5.78 Å². The molecular weight excluding hydrogens is 174 g/mol. The average Bonchev–Trinajstić information content (AvgIpc) is 2.52. The molecule has 2 N–H and O–H groups in total. The second kappa shape index (κ2) is 3.45. The first kappa shape index (κ1) is 9.25. The molecule has 1 atom stereocenters. The van der Waals surface area contributed by atoms with Crippen LogP contribution in [0.4, 0.5) is 5.69 Å². The van der Waals surface area contributed by atoms with E-state index >= 15 is 0 Å². The second-order valence-electron chi connectivity index (χ2n) is 4.04. The molecule has 0 aliphatic heterocycles. The Morgan fingerprint density at radius 1 is 1.43 bits per heavy atom. The van der Waals surface area contributed by atoms with Gasteiger partial charge in [-0.05, 0) is 37.0 Å². The van der Waals surface area contributed by atoms with Crippen LogP contribution < -0.4 is 5.73 Å². The van der Waals surface area contributed by atoms with Crippen LogP contribution in [0.15, 0.2) is 18.2 Å². The molecule has 1 aliphatic rings. The number of nitrogens with two attached hydrogens (primary N) is 1. The van der Waals surface area contributed by atoms with E-state index in [9.17, 15) is 4.79 Å². The highest BCUT2D eigenvalue weighted by atomic mass is 16.1.